The molecule has 230 valence electrons. The van der Waals surface area contributed by atoms with Gasteiger partial charge in [-0.2, -0.15) is 30.3 Å². The summed E-state index contributed by atoms with van der Waals surface area (Å²) in [6.45, 7) is 3.61. The molecular weight excluding hydrogens is 931 g/mol. The van der Waals surface area contributed by atoms with E-state index in [2.05, 4.69) is 40.1 Å². The number of aromatic nitrogens is 3. The van der Waals surface area contributed by atoms with Crippen LogP contribution in [-0.2, 0) is 42.1 Å². The van der Waals surface area contributed by atoms with Crippen LogP contribution in [-0.4, -0.2) is 15.0 Å². The molecule has 4 nitrogen and oxygen atoms in total. The Balaban J connectivity index is 0.000000303. The molecule has 1 N–H and O–H groups in total. The van der Waals surface area contributed by atoms with Gasteiger partial charge >= 0.3 is 21.1 Å². The topological polar surface area (TPSA) is 62.5 Å². The molecule has 0 aliphatic rings. The maximum Gasteiger partial charge on any atom is 2.00 e. The van der Waals surface area contributed by atoms with Gasteiger partial charge in [0.1, 0.15) is 0 Å². The SMILES string of the molecule is Fc1c[c-]c(-c2ccccn2)c(F)c1.Fc1c[c-]c(-c2ccccn2)c(F)c1.[CH2-]c1ccccn1.[NH-]c1[c-]cccc1.[Pt+2].[Pt]. The second-order valence-corrected chi connectivity index (χ2v) is 8.11. The number of benzene rings is 3. The largest absolute Gasteiger partial charge is 2.00 e. The Morgan fingerprint density at radius 3 is 1.32 bits per heavy atom. The maximum atomic E-state index is 13.2. The van der Waals surface area contributed by atoms with Crippen LogP contribution in [0.3, 0.4) is 0 Å². The third kappa shape index (κ3) is 13.5. The molecule has 0 aliphatic carbocycles. The van der Waals surface area contributed by atoms with Crippen LogP contribution < -0.4 is 0 Å². The van der Waals surface area contributed by atoms with Crippen molar-refractivity contribution in [3.8, 4) is 22.5 Å². The molecule has 3 aromatic carbocycles. The smallest absolute Gasteiger partial charge is 0.720 e. The molecule has 0 fully saturated rings. The second kappa shape index (κ2) is 20.7. The molecular formula is C34H23F4N4Pt2-3. The Bertz CT molecular complexity index is 1510. The summed E-state index contributed by atoms with van der Waals surface area (Å²) < 4.78 is 51.6. The monoisotopic (exact) mass is 953 g/mol. The molecule has 0 unspecified atom stereocenters. The van der Waals surface area contributed by atoms with E-state index in [1.54, 1.807) is 67.1 Å². The third-order valence-corrected chi connectivity index (χ3v) is 4.99. The van der Waals surface area contributed by atoms with Crippen molar-refractivity contribution in [1.29, 1.82) is 0 Å². The van der Waals surface area contributed by atoms with Crippen molar-refractivity contribution >= 4 is 5.69 Å². The summed E-state index contributed by atoms with van der Waals surface area (Å²) in [6, 6.07) is 34.5. The first-order chi connectivity index (χ1) is 20.3. The predicted octanol–water partition coefficient (Wildman–Crippen LogP) is 9.08. The molecule has 0 atom stereocenters. The van der Waals surface area contributed by atoms with Crippen molar-refractivity contribution in [1.82, 2.24) is 15.0 Å². The van der Waals surface area contributed by atoms with Crippen LogP contribution in [0.15, 0.2) is 122 Å². The van der Waals surface area contributed by atoms with Gasteiger partial charge in [-0.05, 0) is 23.5 Å². The predicted molar refractivity (Wildman–Crippen MR) is 155 cm³/mol. The van der Waals surface area contributed by atoms with Crippen LogP contribution in [0, 0.1) is 48.4 Å². The molecule has 0 amide bonds. The Hall–Kier alpha value is -4.12. The number of pyridine rings is 3. The molecule has 6 rings (SSSR count). The number of halogens is 4. The van der Waals surface area contributed by atoms with Crippen LogP contribution >= 0.6 is 0 Å². The first kappa shape index (κ1) is 37.9. The van der Waals surface area contributed by atoms with E-state index in [0.717, 1.165) is 30.0 Å². The van der Waals surface area contributed by atoms with E-state index in [9.17, 15) is 17.6 Å². The van der Waals surface area contributed by atoms with E-state index in [1.807, 2.05) is 30.3 Å². The normalized spacial score (nSPS) is 9.18. The van der Waals surface area contributed by atoms with E-state index in [-0.39, 0.29) is 53.3 Å². The van der Waals surface area contributed by atoms with E-state index >= 15 is 0 Å². The van der Waals surface area contributed by atoms with Gasteiger partial charge in [-0.3, -0.25) is 28.2 Å². The fourth-order valence-corrected chi connectivity index (χ4v) is 3.10. The fourth-order valence-electron chi connectivity index (χ4n) is 3.10. The summed E-state index contributed by atoms with van der Waals surface area (Å²) in [5.41, 5.74) is 9.48. The molecule has 0 saturated heterocycles. The Morgan fingerprint density at radius 1 is 0.591 bits per heavy atom. The third-order valence-electron chi connectivity index (χ3n) is 4.99. The van der Waals surface area contributed by atoms with Crippen molar-refractivity contribution < 1.29 is 59.7 Å². The van der Waals surface area contributed by atoms with Crippen molar-refractivity contribution in [2.24, 2.45) is 0 Å². The minimum Gasteiger partial charge on any atom is -0.720 e. The fraction of sp³-hybridized carbons (Fsp3) is 0. The summed E-state index contributed by atoms with van der Waals surface area (Å²) >= 11 is 0. The summed E-state index contributed by atoms with van der Waals surface area (Å²) in [4.78, 5) is 11.8. The number of nitrogens with one attached hydrogen (secondary N) is 1. The van der Waals surface area contributed by atoms with E-state index < -0.39 is 23.3 Å². The summed E-state index contributed by atoms with van der Waals surface area (Å²) in [6.07, 6.45) is 4.82. The Kier molecular flexibility index (Phi) is 17.9. The van der Waals surface area contributed by atoms with Gasteiger partial charge in [0, 0.05) is 62.9 Å². The maximum absolute atomic E-state index is 13.2. The average molecular weight is 954 g/mol. The summed E-state index contributed by atoms with van der Waals surface area (Å²) in [5.74, 6) is -2.57. The molecule has 0 aliphatic heterocycles. The van der Waals surface area contributed by atoms with Gasteiger partial charge < -0.3 is 15.7 Å². The molecule has 6 aromatic rings. The van der Waals surface area contributed by atoms with Crippen LogP contribution in [0.5, 0.6) is 0 Å². The molecule has 44 heavy (non-hydrogen) atoms. The number of nitrogens with zero attached hydrogens (tertiary/aromatic N) is 3. The quantitative estimate of drug-likeness (QED) is 0.129. The molecule has 3 heterocycles. The zero-order chi connectivity index (χ0) is 30.2. The first-order valence-corrected chi connectivity index (χ1v) is 12.3. The van der Waals surface area contributed by atoms with E-state index in [4.69, 9.17) is 5.73 Å². The van der Waals surface area contributed by atoms with Gasteiger partial charge in [-0.15, -0.1) is 36.0 Å². The van der Waals surface area contributed by atoms with E-state index in [0.29, 0.717) is 17.1 Å². The van der Waals surface area contributed by atoms with Gasteiger partial charge in [0.05, 0.1) is 0 Å². The van der Waals surface area contributed by atoms with Gasteiger partial charge in [-0.25, -0.2) is 13.0 Å². The molecule has 0 saturated carbocycles. The number of rotatable bonds is 2. The standard InChI is InChI=1S/2C11H6F2N.C6H6N.C6H5N.2Pt/c2*12-8-4-5-9(10(13)7-8)11-3-1-2-6-14-11;1-6-4-2-3-5-7-6;7-6-4-2-1-3-5-6;;/h2*1-4,6-7H;2-5H,1H2;1-4,7H;;/q3*-1;-2;;+2. The summed E-state index contributed by atoms with van der Waals surface area (Å²) in [5, 5.41) is 0. The van der Waals surface area contributed by atoms with Gasteiger partial charge in [0.2, 0.25) is 0 Å². The molecule has 0 bridgehead atoms. The first-order valence-electron chi connectivity index (χ1n) is 12.3. The molecule has 10 heteroatoms. The molecule has 0 radical (unpaired) electrons. The van der Waals surface area contributed by atoms with Crippen molar-refractivity contribution in [2.45, 2.75) is 0 Å². The van der Waals surface area contributed by atoms with Crippen LogP contribution in [0.25, 0.3) is 28.2 Å². The Morgan fingerprint density at radius 2 is 1.05 bits per heavy atom. The van der Waals surface area contributed by atoms with Gasteiger partial charge in [0.25, 0.3) is 0 Å². The number of hydrogen-bond acceptors (Lipinski definition) is 3. The van der Waals surface area contributed by atoms with Crippen molar-refractivity contribution in [2.75, 3.05) is 0 Å². The second-order valence-electron chi connectivity index (χ2n) is 8.11. The Labute approximate surface area is 283 Å². The minimum atomic E-state index is -0.649. The van der Waals surface area contributed by atoms with Crippen LogP contribution in [0.2, 0.25) is 0 Å². The zero-order valence-corrected chi connectivity index (χ0v) is 27.3. The summed E-state index contributed by atoms with van der Waals surface area (Å²) in [7, 11) is 0. The zero-order valence-electron chi connectivity index (χ0n) is 22.7. The van der Waals surface area contributed by atoms with Crippen LogP contribution in [0.1, 0.15) is 5.69 Å². The number of hydrogen-bond donors (Lipinski definition) is 0. The van der Waals surface area contributed by atoms with Crippen molar-refractivity contribution in [3.05, 3.63) is 182 Å². The van der Waals surface area contributed by atoms with Crippen LogP contribution in [0.4, 0.5) is 23.2 Å². The average Bonchev–Trinajstić information content (AvgIpc) is 3.00. The molecule has 0 spiro atoms. The molecule has 3 aromatic heterocycles. The van der Waals surface area contributed by atoms with Gasteiger partial charge in [-0.1, -0.05) is 53.6 Å². The van der Waals surface area contributed by atoms with Crippen molar-refractivity contribution in [3.63, 3.8) is 0 Å². The van der Waals surface area contributed by atoms with Gasteiger partial charge in [0.15, 0.2) is 0 Å². The van der Waals surface area contributed by atoms with E-state index in [1.165, 1.54) is 0 Å². The minimum absolute atomic E-state index is 0.